The molecule has 12 heteroatoms. The minimum atomic E-state index is 0.376. The summed E-state index contributed by atoms with van der Waals surface area (Å²) >= 11 is 0. The molecule has 1 saturated heterocycles. The number of rotatable bonds is 36. The van der Waals surface area contributed by atoms with Crippen LogP contribution in [0.5, 0.6) is 0 Å². The highest BCUT2D eigenvalue weighted by Crippen LogP contribution is 2.06. The Morgan fingerprint density at radius 2 is 0.674 bits per heavy atom. The lowest BCUT2D eigenvalue weighted by atomic mass is 10.1. The maximum Gasteiger partial charge on any atom is 0.0704 e. The average Bonchev–Trinajstić information content (AvgIpc) is 3.03. The molecule has 0 amide bonds. The third-order valence-electron chi connectivity index (χ3n) is 6.36. The van der Waals surface area contributed by atoms with E-state index in [1.807, 2.05) is 0 Å². The van der Waals surface area contributed by atoms with Gasteiger partial charge in [0.05, 0.1) is 138 Å². The first-order valence-corrected chi connectivity index (χ1v) is 16.5. The summed E-state index contributed by atoms with van der Waals surface area (Å²) in [4.78, 5) is 0. The van der Waals surface area contributed by atoms with Crippen LogP contribution in [0.1, 0.15) is 45.4 Å². The molecule has 0 bridgehead atoms. The topological polar surface area (TPSA) is 114 Å². The van der Waals surface area contributed by atoms with Crippen LogP contribution < -0.4 is 5.32 Å². The van der Waals surface area contributed by atoms with Crippen molar-refractivity contribution >= 4 is 0 Å². The molecule has 0 saturated carbocycles. The number of ether oxygens (including phenoxy) is 11. The summed E-state index contributed by atoms with van der Waals surface area (Å²) in [5.74, 6) is 0. The van der Waals surface area contributed by atoms with Crippen molar-refractivity contribution in [1.82, 2.24) is 5.32 Å². The van der Waals surface area contributed by atoms with Gasteiger partial charge < -0.3 is 57.4 Å². The second-order valence-corrected chi connectivity index (χ2v) is 10.0. The van der Waals surface area contributed by atoms with Crippen LogP contribution in [0.2, 0.25) is 0 Å². The van der Waals surface area contributed by atoms with Gasteiger partial charge in [0.2, 0.25) is 0 Å². The van der Waals surface area contributed by atoms with Crippen LogP contribution in [-0.4, -0.2) is 158 Å². The molecule has 1 aliphatic rings. The van der Waals surface area contributed by atoms with Crippen LogP contribution in [0.15, 0.2) is 0 Å². The van der Waals surface area contributed by atoms with Crippen molar-refractivity contribution in [2.45, 2.75) is 51.6 Å². The monoisotopic (exact) mass is 625 g/mol. The third-order valence-corrected chi connectivity index (χ3v) is 6.36. The van der Waals surface area contributed by atoms with Crippen molar-refractivity contribution in [2.24, 2.45) is 0 Å². The van der Waals surface area contributed by atoms with Gasteiger partial charge >= 0.3 is 0 Å². The molecular formula is C31H63NO11. The van der Waals surface area contributed by atoms with E-state index in [1.54, 1.807) is 0 Å². The minimum absolute atomic E-state index is 0.376. The first-order chi connectivity index (χ1) is 21.4. The molecule has 258 valence electrons. The van der Waals surface area contributed by atoms with Crippen LogP contribution in [0.25, 0.3) is 0 Å². The van der Waals surface area contributed by atoms with Crippen LogP contribution in [0, 0.1) is 0 Å². The molecule has 1 N–H and O–H groups in total. The fraction of sp³-hybridized carbons (Fsp3) is 1.00. The fourth-order valence-corrected chi connectivity index (χ4v) is 3.95. The highest BCUT2D eigenvalue weighted by atomic mass is 16.6. The molecule has 1 aliphatic heterocycles. The Labute approximate surface area is 260 Å². The molecular weight excluding hydrogens is 562 g/mol. The van der Waals surface area contributed by atoms with Gasteiger partial charge in [-0.25, -0.2) is 0 Å². The maximum atomic E-state index is 5.79. The predicted molar refractivity (Wildman–Crippen MR) is 164 cm³/mol. The van der Waals surface area contributed by atoms with E-state index in [0.717, 1.165) is 39.0 Å². The van der Waals surface area contributed by atoms with Crippen LogP contribution in [0.3, 0.4) is 0 Å². The van der Waals surface area contributed by atoms with Crippen molar-refractivity contribution in [1.29, 1.82) is 0 Å². The summed E-state index contributed by atoms with van der Waals surface area (Å²) < 4.78 is 60.8. The van der Waals surface area contributed by atoms with Gasteiger partial charge in [0.15, 0.2) is 0 Å². The van der Waals surface area contributed by atoms with E-state index in [9.17, 15) is 0 Å². The van der Waals surface area contributed by atoms with Gasteiger partial charge in [-0.3, -0.25) is 0 Å². The Balaban J connectivity index is 1.60. The molecule has 0 unspecified atom stereocenters. The van der Waals surface area contributed by atoms with E-state index < -0.39 is 0 Å². The average molecular weight is 626 g/mol. The molecule has 0 aromatic rings. The molecule has 0 aliphatic carbocycles. The van der Waals surface area contributed by atoms with E-state index in [2.05, 4.69) is 12.2 Å². The number of piperidine rings is 1. The Morgan fingerprint density at radius 3 is 1.00 bits per heavy atom. The summed E-state index contributed by atoms with van der Waals surface area (Å²) in [5.41, 5.74) is 0. The maximum absolute atomic E-state index is 5.79. The molecule has 1 heterocycles. The van der Waals surface area contributed by atoms with Crippen molar-refractivity contribution in [3.63, 3.8) is 0 Å². The minimum Gasteiger partial charge on any atom is -0.379 e. The molecule has 1 fully saturated rings. The van der Waals surface area contributed by atoms with E-state index >= 15 is 0 Å². The van der Waals surface area contributed by atoms with Gasteiger partial charge in [0, 0.05) is 6.61 Å². The first-order valence-electron chi connectivity index (χ1n) is 16.5. The summed E-state index contributed by atoms with van der Waals surface area (Å²) in [6.07, 6.45) is 7.45. The van der Waals surface area contributed by atoms with Gasteiger partial charge in [-0.1, -0.05) is 26.2 Å². The lowest BCUT2D eigenvalue weighted by Gasteiger charge is -2.22. The van der Waals surface area contributed by atoms with Crippen LogP contribution in [0.4, 0.5) is 0 Å². The van der Waals surface area contributed by atoms with Crippen molar-refractivity contribution in [3.8, 4) is 0 Å². The highest BCUT2D eigenvalue weighted by molar-refractivity contribution is 4.67. The molecule has 43 heavy (non-hydrogen) atoms. The summed E-state index contributed by atoms with van der Waals surface area (Å²) in [6, 6.07) is 0. The Morgan fingerprint density at radius 1 is 0.372 bits per heavy atom. The molecule has 0 atom stereocenters. The number of hydrogen-bond acceptors (Lipinski definition) is 12. The second kappa shape index (κ2) is 36.0. The fourth-order valence-electron chi connectivity index (χ4n) is 3.95. The molecule has 1 rings (SSSR count). The standard InChI is InChI=1S/C31H63NO11/c1-2-3-4-5-10-33-11-12-34-13-14-35-15-16-36-17-18-37-19-20-38-21-22-39-23-24-40-25-26-41-27-28-42-29-30-43-31-6-8-32-9-7-31/h31-32H,2-30H2,1H3. The summed E-state index contributed by atoms with van der Waals surface area (Å²) in [7, 11) is 0. The predicted octanol–water partition coefficient (Wildman–Crippen LogP) is 2.50. The van der Waals surface area contributed by atoms with Gasteiger partial charge in [-0.2, -0.15) is 0 Å². The van der Waals surface area contributed by atoms with Gasteiger partial charge in [0.25, 0.3) is 0 Å². The zero-order chi connectivity index (χ0) is 30.6. The lowest BCUT2D eigenvalue weighted by molar-refractivity contribution is -0.0324. The Kier molecular flexibility index (Phi) is 33.9. The summed E-state index contributed by atoms with van der Waals surface area (Å²) in [5, 5.41) is 3.33. The van der Waals surface area contributed by atoms with Gasteiger partial charge in [-0.05, 0) is 32.4 Å². The normalized spacial score (nSPS) is 14.2. The van der Waals surface area contributed by atoms with Crippen molar-refractivity contribution < 1.29 is 52.1 Å². The van der Waals surface area contributed by atoms with Crippen molar-refractivity contribution in [2.75, 3.05) is 152 Å². The van der Waals surface area contributed by atoms with E-state index in [1.165, 1.54) is 19.3 Å². The molecule has 12 nitrogen and oxygen atoms in total. The summed E-state index contributed by atoms with van der Waals surface area (Å²) in [6.45, 7) is 16.3. The van der Waals surface area contributed by atoms with Gasteiger partial charge in [0.1, 0.15) is 0 Å². The van der Waals surface area contributed by atoms with Crippen LogP contribution >= 0.6 is 0 Å². The number of nitrogens with one attached hydrogen (secondary N) is 1. The molecule has 0 aromatic carbocycles. The zero-order valence-corrected chi connectivity index (χ0v) is 27.1. The zero-order valence-electron chi connectivity index (χ0n) is 27.1. The second-order valence-electron chi connectivity index (χ2n) is 10.0. The Bertz CT molecular complexity index is 516. The number of unbranched alkanes of at least 4 members (excludes halogenated alkanes) is 3. The largest absolute Gasteiger partial charge is 0.379 e. The first kappa shape index (κ1) is 40.5. The molecule has 0 spiro atoms. The van der Waals surface area contributed by atoms with E-state index in [4.69, 9.17) is 52.1 Å². The third kappa shape index (κ3) is 32.7. The van der Waals surface area contributed by atoms with Crippen molar-refractivity contribution in [3.05, 3.63) is 0 Å². The molecule has 0 aromatic heterocycles. The SMILES string of the molecule is CCCCCCOCCOCCOCCOCCOCCOCCOCCOCCOCCOCCOC1CCNCC1. The van der Waals surface area contributed by atoms with E-state index in [-0.39, 0.29) is 0 Å². The smallest absolute Gasteiger partial charge is 0.0704 e. The molecule has 0 radical (unpaired) electrons. The quantitative estimate of drug-likeness (QED) is 0.103. The lowest BCUT2D eigenvalue weighted by Crippen LogP contribution is -2.33. The van der Waals surface area contributed by atoms with Gasteiger partial charge in [-0.15, -0.1) is 0 Å². The Hall–Kier alpha value is -0.480. The highest BCUT2D eigenvalue weighted by Gasteiger charge is 2.12. The van der Waals surface area contributed by atoms with E-state index in [0.29, 0.717) is 138 Å². The van der Waals surface area contributed by atoms with Crippen LogP contribution in [-0.2, 0) is 52.1 Å². The number of hydrogen-bond donors (Lipinski definition) is 1.